The van der Waals surface area contributed by atoms with Crippen molar-refractivity contribution in [2.45, 2.75) is 51.4 Å². The lowest BCUT2D eigenvalue weighted by Gasteiger charge is -2.14. The smallest absolute Gasteiger partial charge is 0.242 e. The molecule has 0 radical (unpaired) electrons. The summed E-state index contributed by atoms with van der Waals surface area (Å²) in [6.45, 7) is 0. The number of nitrogens with two attached hydrogens (primary N) is 1. The highest BCUT2D eigenvalue weighted by Gasteiger charge is 2.15. The third-order valence-corrected chi connectivity index (χ3v) is 6.58. The van der Waals surface area contributed by atoms with E-state index in [1.807, 2.05) is 24.3 Å². The fourth-order valence-corrected chi connectivity index (χ4v) is 4.89. The van der Waals surface area contributed by atoms with Crippen molar-refractivity contribution in [2.75, 3.05) is 14.2 Å². The summed E-state index contributed by atoms with van der Waals surface area (Å²) in [7, 11) is 3.39. The van der Waals surface area contributed by atoms with Gasteiger partial charge in [0.05, 0.1) is 14.2 Å². The molecule has 2 fully saturated rings. The molecule has 2 N–H and O–H groups in total. The lowest BCUT2D eigenvalue weighted by atomic mass is 9.93. The summed E-state index contributed by atoms with van der Waals surface area (Å²) in [5.41, 5.74) is 13.3. The van der Waals surface area contributed by atoms with E-state index < -0.39 is 5.91 Å². The molecule has 2 aromatic rings. The summed E-state index contributed by atoms with van der Waals surface area (Å²) in [6.07, 6.45) is 15.5. The average Bonchev–Trinajstić information content (AvgIpc) is 3.52. The number of methoxy groups -OCH3 is 2. The minimum atomic E-state index is -0.469. The first-order valence-corrected chi connectivity index (χ1v) is 11.8. The molecular weight excluding hydrogens is 410 g/mol. The van der Waals surface area contributed by atoms with Gasteiger partial charge in [-0.25, -0.2) is 0 Å². The van der Waals surface area contributed by atoms with Gasteiger partial charge < -0.3 is 15.2 Å². The van der Waals surface area contributed by atoms with Crippen molar-refractivity contribution in [3.8, 4) is 11.5 Å². The molecule has 0 spiro atoms. The summed E-state index contributed by atoms with van der Waals surface area (Å²) >= 11 is 0. The largest absolute Gasteiger partial charge is 0.496 e. The number of carbonyl (C=O) groups is 1. The van der Waals surface area contributed by atoms with Crippen molar-refractivity contribution < 1.29 is 14.3 Å². The van der Waals surface area contributed by atoms with E-state index >= 15 is 0 Å². The van der Waals surface area contributed by atoms with Crippen LogP contribution >= 0.6 is 0 Å². The van der Waals surface area contributed by atoms with Crippen LogP contribution in [0.15, 0.2) is 53.6 Å². The summed E-state index contributed by atoms with van der Waals surface area (Å²) in [6, 6.07) is 12.1. The number of primary amides is 1. The quantitative estimate of drug-likeness (QED) is 0.495. The van der Waals surface area contributed by atoms with Crippen LogP contribution in [0.25, 0.3) is 17.7 Å². The predicted octanol–water partition coefficient (Wildman–Crippen LogP) is 6.54. The van der Waals surface area contributed by atoms with Crippen LogP contribution in [0.1, 0.15) is 73.6 Å². The number of carbonyl (C=O) groups excluding carboxylic acids is 1. The molecule has 33 heavy (non-hydrogen) atoms. The third kappa shape index (κ3) is 5.57. The molecule has 0 heterocycles. The lowest BCUT2D eigenvalue weighted by Crippen LogP contribution is -2.08. The van der Waals surface area contributed by atoms with Gasteiger partial charge >= 0.3 is 0 Å². The number of benzene rings is 2. The number of allylic oxidation sites excluding steroid dienone is 2. The van der Waals surface area contributed by atoms with Crippen LogP contribution in [0.2, 0.25) is 0 Å². The normalized spacial score (nSPS) is 15.3. The first-order chi connectivity index (χ1) is 16.1. The fraction of sp³-hybridized carbons (Fsp3) is 0.345. The molecule has 0 atom stereocenters. The number of hydrogen-bond acceptors (Lipinski definition) is 3. The van der Waals surface area contributed by atoms with Crippen molar-refractivity contribution in [2.24, 2.45) is 5.73 Å². The maximum atomic E-state index is 12.0. The van der Waals surface area contributed by atoms with E-state index in [9.17, 15) is 4.79 Å². The van der Waals surface area contributed by atoms with Crippen LogP contribution in [-0.4, -0.2) is 20.1 Å². The molecule has 2 aliphatic rings. The Morgan fingerprint density at radius 3 is 1.55 bits per heavy atom. The zero-order valence-electron chi connectivity index (χ0n) is 19.7. The minimum absolute atomic E-state index is 0.469. The van der Waals surface area contributed by atoms with Crippen molar-refractivity contribution in [1.82, 2.24) is 0 Å². The van der Waals surface area contributed by atoms with Gasteiger partial charge in [-0.1, -0.05) is 35.4 Å². The van der Waals surface area contributed by atoms with E-state index in [0.29, 0.717) is 0 Å². The van der Waals surface area contributed by atoms with Gasteiger partial charge in [0.15, 0.2) is 0 Å². The molecule has 2 saturated carbocycles. The number of rotatable bonds is 7. The van der Waals surface area contributed by atoms with E-state index in [1.54, 1.807) is 14.2 Å². The molecule has 4 rings (SSSR count). The van der Waals surface area contributed by atoms with Crippen LogP contribution in [0.4, 0.5) is 0 Å². The Morgan fingerprint density at radius 1 is 0.758 bits per heavy atom. The van der Waals surface area contributed by atoms with Gasteiger partial charge in [0.2, 0.25) is 5.91 Å². The first-order valence-electron chi connectivity index (χ1n) is 11.8. The number of amides is 1. The van der Waals surface area contributed by atoms with Crippen LogP contribution in [0, 0.1) is 0 Å². The lowest BCUT2D eigenvalue weighted by molar-refractivity contribution is -0.113. The minimum Gasteiger partial charge on any atom is -0.496 e. The molecule has 2 aliphatic carbocycles. The Bertz CT molecular complexity index is 1030. The molecule has 0 aromatic heterocycles. The van der Waals surface area contributed by atoms with Crippen molar-refractivity contribution in [1.29, 1.82) is 0 Å². The second kappa shape index (κ2) is 10.6. The molecular formula is C29H33NO3. The van der Waals surface area contributed by atoms with E-state index in [0.717, 1.165) is 65.0 Å². The maximum Gasteiger partial charge on any atom is 0.242 e. The second-order valence-electron chi connectivity index (χ2n) is 8.89. The number of hydrogen-bond donors (Lipinski definition) is 1. The molecule has 0 saturated heterocycles. The first kappa shape index (κ1) is 22.9. The third-order valence-electron chi connectivity index (χ3n) is 6.58. The van der Waals surface area contributed by atoms with E-state index in [1.165, 1.54) is 42.9 Å². The summed E-state index contributed by atoms with van der Waals surface area (Å²) in [4.78, 5) is 12.0. The summed E-state index contributed by atoms with van der Waals surface area (Å²) in [5, 5.41) is 0. The summed E-state index contributed by atoms with van der Waals surface area (Å²) in [5.74, 6) is 1.19. The maximum absolute atomic E-state index is 12.0. The standard InChI is InChI=1S/C29H33NO3/c1-32-27-13-11-22(17-24(27)15-20-7-3-4-8-20)26(19-29(30)31)23-12-14-28(33-2)25(18-23)16-21-9-5-6-10-21/h11-19H,3-10H2,1-2H3,(H2,30,31). The average molecular weight is 444 g/mol. The van der Waals surface area contributed by atoms with Gasteiger partial charge in [-0.05, 0) is 92.3 Å². The highest BCUT2D eigenvalue weighted by molar-refractivity contribution is 5.99. The van der Waals surface area contributed by atoms with Gasteiger partial charge in [0, 0.05) is 17.2 Å². The highest BCUT2D eigenvalue weighted by atomic mass is 16.5. The van der Waals surface area contributed by atoms with Crippen LogP contribution in [0.5, 0.6) is 11.5 Å². The van der Waals surface area contributed by atoms with E-state index in [4.69, 9.17) is 15.2 Å². The molecule has 0 aliphatic heterocycles. The molecule has 172 valence electrons. The van der Waals surface area contributed by atoms with Crippen LogP contribution in [0.3, 0.4) is 0 Å². The molecule has 4 heteroatoms. The van der Waals surface area contributed by atoms with Crippen molar-refractivity contribution in [3.63, 3.8) is 0 Å². The molecule has 0 unspecified atom stereocenters. The predicted molar refractivity (Wildman–Crippen MR) is 135 cm³/mol. The Morgan fingerprint density at radius 2 is 1.18 bits per heavy atom. The Hall–Kier alpha value is -3.27. The van der Waals surface area contributed by atoms with Gasteiger partial charge in [-0.15, -0.1) is 0 Å². The number of ether oxygens (including phenoxy) is 2. The molecule has 2 aromatic carbocycles. The van der Waals surface area contributed by atoms with Gasteiger partial charge in [-0.2, -0.15) is 0 Å². The van der Waals surface area contributed by atoms with Crippen molar-refractivity contribution >= 4 is 23.6 Å². The molecule has 0 bridgehead atoms. The molecule has 4 nitrogen and oxygen atoms in total. The van der Waals surface area contributed by atoms with Crippen molar-refractivity contribution in [3.05, 3.63) is 75.9 Å². The van der Waals surface area contributed by atoms with Crippen LogP contribution < -0.4 is 15.2 Å². The van der Waals surface area contributed by atoms with Gasteiger partial charge in [0.1, 0.15) is 11.5 Å². The van der Waals surface area contributed by atoms with E-state index in [2.05, 4.69) is 24.3 Å². The SMILES string of the molecule is COc1ccc(C(=CC(N)=O)c2ccc(OC)c(C=C3CCCC3)c2)cc1C=C1CCCC1. The monoisotopic (exact) mass is 443 g/mol. The van der Waals surface area contributed by atoms with E-state index in [-0.39, 0.29) is 0 Å². The topological polar surface area (TPSA) is 61.5 Å². The Labute approximate surface area is 196 Å². The van der Waals surface area contributed by atoms with Gasteiger partial charge in [-0.3, -0.25) is 4.79 Å². The van der Waals surface area contributed by atoms with Crippen LogP contribution in [-0.2, 0) is 4.79 Å². The molecule has 1 amide bonds. The van der Waals surface area contributed by atoms with Gasteiger partial charge in [0.25, 0.3) is 0 Å². The summed E-state index contributed by atoms with van der Waals surface area (Å²) < 4.78 is 11.2. The fourth-order valence-electron chi connectivity index (χ4n) is 4.89. The zero-order valence-corrected chi connectivity index (χ0v) is 19.7. The highest BCUT2D eigenvalue weighted by Crippen LogP contribution is 2.35. The Balaban J connectivity index is 1.79. The zero-order chi connectivity index (χ0) is 23.2. The Kier molecular flexibility index (Phi) is 7.33. The second-order valence-corrected chi connectivity index (χ2v) is 8.89.